The fourth-order valence-corrected chi connectivity index (χ4v) is 11.0. The van der Waals surface area contributed by atoms with Gasteiger partial charge in [-0.3, -0.25) is 14.4 Å². The van der Waals surface area contributed by atoms with Crippen molar-refractivity contribution in [2.24, 2.45) is 0 Å². The number of rotatable bonds is 68. The minimum Gasteiger partial charge on any atom is -0.462 e. The van der Waals surface area contributed by atoms with Gasteiger partial charge in [0.05, 0.1) is 0 Å². The smallest absolute Gasteiger partial charge is 0.306 e. The van der Waals surface area contributed by atoms with Crippen molar-refractivity contribution in [2.45, 2.75) is 406 Å². The molecule has 1 atom stereocenters. The average molecular weight is 1150 g/mol. The van der Waals surface area contributed by atoms with Crippen LogP contribution < -0.4 is 0 Å². The quantitative estimate of drug-likeness (QED) is 0.0261. The molecule has 0 spiro atoms. The number of carbonyl (C=O) groups is 3. The van der Waals surface area contributed by atoms with Crippen LogP contribution in [0.25, 0.3) is 0 Å². The maximum absolute atomic E-state index is 13.0. The molecule has 0 saturated carbocycles. The summed E-state index contributed by atoms with van der Waals surface area (Å²) in [5, 5.41) is 0. The van der Waals surface area contributed by atoms with Gasteiger partial charge in [-0.05, 0) is 83.5 Å². The Morgan fingerprint density at radius 2 is 0.439 bits per heavy atom. The van der Waals surface area contributed by atoms with Crippen LogP contribution in [-0.4, -0.2) is 37.2 Å². The van der Waals surface area contributed by atoms with Gasteiger partial charge < -0.3 is 14.2 Å². The number of hydrogen-bond donors (Lipinski definition) is 0. The van der Waals surface area contributed by atoms with E-state index in [1.165, 1.54) is 283 Å². The molecule has 0 aromatic rings. The molecule has 0 aliphatic heterocycles. The van der Waals surface area contributed by atoms with Crippen LogP contribution in [-0.2, 0) is 28.6 Å². The van der Waals surface area contributed by atoms with Gasteiger partial charge in [-0.2, -0.15) is 0 Å². The molecule has 0 saturated heterocycles. The SMILES string of the molecule is CCCCC/C=C\C/C=C\CCCCCCCCCC(=O)OCC(COC(=O)CCCCCCCCCCCCCCCCCCCCCCCCCC)OC(=O)CCCCCCCCCCCCC/C=C\C/C=C\CCCCCCC. The molecule has 0 aliphatic carbocycles. The van der Waals surface area contributed by atoms with Gasteiger partial charge in [0.25, 0.3) is 0 Å². The minimum absolute atomic E-state index is 0.0719. The molecule has 6 heteroatoms. The van der Waals surface area contributed by atoms with Gasteiger partial charge in [-0.25, -0.2) is 0 Å². The topological polar surface area (TPSA) is 78.9 Å². The van der Waals surface area contributed by atoms with Crippen LogP contribution in [0.4, 0.5) is 0 Å². The van der Waals surface area contributed by atoms with E-state index < -0.39 is 6.10 Å². The standard InChI is InChI=1S/C76H140O6/c1-4-7-10-13-16-19-22-25-28-31-33-35-37-39-40-42-45-48-51-54-57-60-63-66-69-75(78)81-72-73(71-80-74(77)68-65-62-59-56-53-50-47-44-30-27-24-21-18-15-12-9-6-3)82-76(79)70-67-64-61-58-55-52-49-46-43-41-38-36-34-32-29-26-23-20-17-14-11-8-5-2/h18,21,23,26-27,30,32,34,73H,4-17,19-20,22,24-25,28-29,31,33,35-72H2,1-3H3/b21-18-,26-23-,30-27-,34-32-. The van der Waals surface area contributed by atoms with Gasteiger partial charge in [-0.1, -0.05) is 345 Å². The molecule has 0 fully saturated rings. The number of unbranched alkanes of at least 4 members (excludes halogenated alkanes) is 49. The molecule has 6 nitrogen and oxygen atoms in total. The van der Waals surface area contributed by atoms with Crippen molar-refractivity contribution < 1.29 is 28.6 Å². The van der Waals surface area contributed by atoms with E-state index in [0.717, 1.165) is 77.0 Å². The lowest BCUT2D eigenvalue weighted by molar-refractivity contribution is -0.167. The summed E-state index contributed by atoms with van der Waals surface area (Å²) in [6.45, 7) is 6.67. The molecule has 480 valence electrons. The van der Waals surface area contributed by atoms with Gasteiger partial charge in [0.2, 0.25) is 0 Å². The molecule has 0 radical (unpaired) electrons. The summed E-state index contributed by atoms with van der Waals surface area (Å²) >= 11 is 0. The van der Waals surface area contributed by atoms with Crippen molar-refractivity contribution in [3.8, 4) is 0 Å². The van der Waals surface area contributed by atoms with E-state index >= 15 is 0 Å². The number of carbonyl (C=O) groups excluding carboxylic acids is 3. The lowest BCUT2D eigenvalue weighted by atomic mass is 10.0. The van der Waals surface area contributed by atoms with Gasteiger partial charge in [-0.15, -0.1) is 0 Å². The summed E-state index contributed by atoms with van der Waals surface area (Å²) in [6.07, 6.45) is 90.0. The van der Waals surface area contributed by atoms with Gasteiger partial charge >= 0.3 is 17.9 Å². The molecular formula is C76H140O6. The molecule has 0 N–H and O–H groups in total. The summed E-state index contributed by atoms with van der Waals surface area (Å²) < 4.78 is 17.0. The number of allylic oxidation sites excluding steroid dienone is 8. The van der Waals surface area contributed by atoms with Crippen LogP contribution in [0.5, 0.6) is 0 Å². The van der Waals surface area contributed by atoms with E-state index in [4.69, 9.17) is 14.2 Å². The normalized spacial score (nSPS) is 12.3. The molecule has 0 bridgehead atoms. The molecule has 0 aromatic carbocycles. The first kappa shape index (κ1) is 79.4. The molecule has 0 aliphatic rings. The minimum atomic E-state index is -0.778. The molecule has 82 heavy (non-hydrogen) atoms. The molecule has 0 rings (SSSR count). The Balaban J connectivity index is 4.30. The second-order valence-electron chi connectivity index (χ2n) is 24.9. The Morgan fingerprint density at radius 1 is 0.244 bits per heavy atom. The second-order valence-corrected chi connectivity index (χ2v) is 24.9. The van der Waals surface area contributed by atoms with E-state index in [0.29, 0.717) is 19.3 Å². The first-order chi connectivity index (χ1) is 40.5. The van der Waals surface area contributed by atoms with E-state index in [1.54, 1.807) is 0 Å². The van der Waals surface area contributed by atoms with Crippen molar-refractivity contribution >= 4 is 17.9 Å². The van der Waals surface area contributed by atoms with Gasteiger partial charge in [0.15, 0.2) is 6.10 Å². The van der Waals surface area contributed by atoms with E-state index in [-0.39, 0.29) is 31.1 Å². The second kappa shape index (κ2) is 70.9. The van der Waals surface area contributed by atoms with Crippen molar-refractivity contribution in [3.05, 3.63) is 48.6 Å². The summed E-state index contributed by atoms with van der Waals surface area (Å²) in [5.74, 6) is -0.853. The summed E-state index contributed by atoms with van der Waals surface area (Å²) in [6, 6.07) is 0. The van der Waals surface area contributed by atoms with Crippen molar-refractivity contribution in [1.82, 2.24) is 0 Å². The summed E-state index contributed by atoms with van der Waals surface area (Å²) in [5.41, 5.74) is 0. The highest BCUT2D eigenvalue weighted by atomic mass is 16.6. The van der Waals surface area contributed by atoms with Crippen LogP contribution in [0.1, 0.15) is 400 Å². The Morgan fingerprint density at radius 3 is 0.695 bits per heavy atom. The van der Waals surface area contributed by atoms with E-state index in [2.05, 4.69) is 69.4 Å². The number of ether oxygens (including phenoxy) is 3. The van der Waals surface area contributed by atoms with Gasteiger partial charge in [0.1, 0.15) is 13.2 Å². The third-order valence-corrected chi connectivity index (χ3v) is 16.6. The fourth-order valence-electron chi connectivity index (χ4n) is 11.0. The zero-order valence-electron chi connectivity index (χ0n) is 55.3. The average Bonchev–Trinajstić information content (AvgIpc) is 3.47. The van der Waals surface area contributed by atoms with Crippen molar-refractivity contribution in [1.29, 1.82) is 0 Å². The maximum Gasteiger partial charge on any atom is 0.306 e. The van der Waals surface area contributed by atoms with Crippen LogP contribution >= 0.6 is 0 Å². The van der Waals surface area contributed by atoms with E-state index in [1.807, 2.05) is 0 Å². The maximum atomic E-state index is 13.0. The highest BCUT2D eigenvalue weighted by Crippen LogP contribution is 2.19. The summed E-state index contributed by atoms with van der Waals surface area (Å²) in [4.78, 5) is 38.5. The molecular weight excluding hydrogens is 1010 g/mol. The first-order valence-electron chi connectivity index (χ1n) is 36.6. The number of esters is 3. The molecule has 1 unspecified atom stereocenters. The van der Waals surface area contributed by atoms with Crippen molar-refractivity contribution in [3.63, 3.8) is 0 Å². The Bertz CT molecular complexity index is 1410. The third-order valence-electron chi connectivity index (χ3n) is 16.6. The number of hydrogen-bond acceptors (Lipinski definition) is 6. The molecule has 0 heterocycles. The fraction of sp³-hybridized carbons (Fsp3) is 0.855. The first-order valence-corrected chi connectivity index (χ1v) is 36.6. The van der Waals surface area contributed by atoms with Crippen molar-refractivity contribution in [2.75, 3.05) is 13.2 Å². The molecule has 0 aromatic heterocycles. The lowest BCUT2D eigenvalue weighted by Gasteiger charge is -2.18. The highest BCUT2D eigenvalue weighted by molar-refractivity contribution is 5.71. The summed E-state index contributed by atoms with van der Waals surface area (Å²) in [7, 11) is 0. The lowest BCUT2D eigenvalue weighted by Crippen LogP contribution is -2.30. The van der Waals surface area contributed by atoms with E-state index in [9.17, 15) is 14.4 Å². The largest absolute Gasteiger partial charge is 0.462 e. The van der Waals surface area contributed by atoms with Crippen LogP contribution in [0.15, 0.2) is 48.6 Å². The van der Waals surface area contributed by atoms with Crippen LogP contribution in [0, 0.1) is 0 Å². The monoisotopic (exact) mass is 1150 g/mol. The zero-order chi connectivity index (χ0) is 59.2. The Labute approximate surface area is 511 Å². The Kier molecular flexibility index (Phi) is 68.6. The third kappa shape index (κ3) is 68.2. The predicted molar refractivity (Wildman–Crippen MR) is 358 cm³/mol. The molecule has 0 amide bonds. The van der Waals surface area contributed by atoms with Gasteiger partial charge in [0, 0.05) is 19.3 Å². The van der Waals surface area contributed by atoms with Crippen LogP contribution in [0.2, 0.25) is 0 Å². The van der Waals surface area contributed by atoms with Crippen LogP contribution in [0.3, 0.4) is 0 Å². The Hall–Kier alpha value is -2.63. The predicted octanol–water partition coefficient (Wildman–Crippen LogP) is 25.3. The zero-order valence-corrected chi connectivity index (χ0v) is 55.3. The highest BCUT2D eigenvalue weighted by Gasteiger charge is 2.19.